The normalized spacial score (nSPS) is 10.8. The molecule has 0 unspecified atom stereocenters. The van der Waals surface area contributed by atoms with Gasteiger partial charge in [0.1, 0.15) is 11.6 Å². The van der Waals surface area contributed by atoms with Crippen molar-refractivity contribution in [1.29, 1.82) is 0 Å². The lowest BCUT2D eigenvalue weighted by molar-refractivity contribution is 0.0953. The molecule has 0 saturated carbocycles. The summed E-state index contributed by atoms with van der Waals surface area (Å²) >= 11 is 0. The molecule has 0 fully saturated rings. The van der Waals surface area contributed by atoms with Crippen LogP contribution < -0.4 is 11.3 Å². The van der Waals surface area contributed by atoms with Crippen molar-refractivity contribution in [3.8, 4) is 0 Å². The summed E-state index contributed by atoms with van der Waals surface area (Å²) in [6.45, 7) is 0.915. The van der Waals surface area contributed by atoms with Crippen LogP contribution >= 0.6 is 0 Å². The summed E-state index contributed by atoms with van der Waals surface area (Å²) in [6.07, 6.45) is 1.59. The number of nitrogens with one attached hydrogen (secondary N) is 1. The van der Waals surface area contributed by atoms with Crippen LogP contribution in [0, 0.1) is 5.82 Å². The van der Waals surface area contributed by atoms with Gasteiger partial charge in [0.25, 0.3) is 5.91 Å². The Morgan fingerprint density at radius 3 is 2.85 bits per heavy atom. The van der Waals surface area contributed by atoms with Crippen LogP contribution in [0.1, 0.15) is 21.7 Å². The molecule has 20 heavy (non-hydrogen) atoms. The lowest BCUT2D eigenvalue weighted by Crippen LogP contribution is -2.30. The molecule has 3 N–H and O–H groups in total. The summed E-state index contributed by atoms with van der Waals surface area (Å²) < 4.78 is 19.0. The Hall–Kier alpha value is -2.18. The van der Waals surface area contributed by atoms with E-state index in [-0.39, 0.29) is 5.82 Å². The number of nitrogens with zero attached hydrogens (tertiary/aromatic N) is 1. The van der Waals surface area contributed by atoms with Crippen molar-refractivity contribution in [1.82, 2.24) is 10.3 Å². The van der Waals surface area contributed by atoms with E-state index >= 15 is 0 Å². The van der Waals surface area contributed by atoms with Crippen LogP contribution in [-0.2, 0) is 13.1 Å². The Kier molecular flexibility index (Phi) is 4.49. The molecule has 0 aliphatic rings. The molecule has 1 heterocycles. The Balaban J connectivity index is 2.09. The predicted octanol–water partition coefficient (Wildman–Crippen LogP) is 1.65. The van der Waals surface area contributed by atoms with Gasteiger partial charge < -0.3 is 4.42 Å². The van der Waals surface area contributed by atoms with E-state index in [4.69, 9.17) is 10.3 Å². The van der Waals surface area contributed by atoms with Gasteiger partial charge in [-0.3, -0.25) is 15.1 Å². The first kappa shape index (κ1) is 14.2. The molecule has 6 heteroatoms. The maximum atomic E-state index is 13.8. The Morgan fingerprint density at radius 1 is 1.40 bits per heavy atom. The molecule has 1 aromatic heterocycles. The fraction of sp³-hybridized carbons (Fsp3) is 0.214. The summed E-state index contributed by atoms with van der Waals surface area (Å²) in [4.78, 5) is 13.3. The van der Waals surface area contributed by atoms with E-state index in [1.807, 2.05) is 23.4 Å². The van der Waals surface area contributed by atoms with Gasteiger partial charge in [-0.1, -0.05) is 0 Å². The fourth-order valence-electron chi connectivity index (χ4n) is 1.94. The molecular weight excluding hydrogens is 261 g/mol. The van der Waals surface area contributed by atoms with Crippen LogP contribution in [-0.4, -0.2) is 17.9 Å². The lowest BCUT2D eigenvalue weighted by Gasteiger charge is -2.16. The molecule has 0 bridgehead atoms. The molecular formula is C14H16FN3O2. The highest BCUT2D eigenvalue weighted by molar-refractivity contribution is 5.93. The SMILES string of the molecule is CN(Cc1ccco1)Cc1cc(C(=O)NN)ccc1F. The van der Waals surface area contributed by atoms with Crippen LogP contribution in [0.25, 0.3) is 0 Å². The minimum absolute atomic E-state index is 0.329. The first-order chi connectivity index (χ1) is 9.60. The van der Waals surface area contributed by atoms with Gasteiger partial charge in [-0.2, -0.15) is 0 Å². The van der Waals surface area contributed by atoms with Crippen molar-refractivity contribution in [2.45, 2.75) is 13.1 Å². The van der Waals surface area contributed by atoms with E-state index in [1.54, 1.807) is 12.3 Å². The summed E-state index contributed by atoms with van der Waals surface area (Å²) in [5.74, 6) is 5.06. The van der Waals surface area contributed by atoms with E-state index in [2.05, 4.69) is 0 Å². The fourth-order valence-corrected chi connectivity index (χ4v) is 1.94. The lowest BCUT2D eigenvalue weighted by atomic mass is 10.1. The van der Waals surface area contributed by atoms with Crippen LogP contribution in [0.2, 0.25) is 0 Å². The second kappa shape index (κ2) is 6.31. The monoisotopic (exact) mass is 277 g/mol. The second-order valence-electron chi connectivity index (χ2n) is 4.53. The van der Waals surface area contributed by atoms with Gasteiger partial charge in [-0.25, -0.2) is 10.2 Å². The number of halogens is 1. The van der Waals surface area contributed by atoms with Crippen molar-refractivity contribution in [3.05, 3.63) is 59.3 Å². The minimum atomic E-state index is -0.445. The number of amides is 1. The molecule has 0 spiro atoms. The van der Waals surface area contributed by atoms with Gasteiger partial charge >= 0.3 is 0 Å². The van der Waals surface area contributed by atoms with Gasteiger partial charge in [0, 0.05) is 17.7 Å². The van der Waals surface area contributed by atoms with Crippen molar-refractivity contribution in [2.75, 3.05) is 7.05 Å². The van der Waals surface area contributed by atoms with Crippen LogP contribution in [0.3, 0.4) is 0 Å². The maximum Gasteiger partial charge on any atom is 0.265 e. The van der Waals surface area contributed by atoms with Crippen LogP contribution in [0.15, 0.2) is 41.0 Å². The van der Waals surface area contributed by atoms with Gasteiger partial charge in [0.05, 0.1) is 12.8 Å². The van der Waals surface area contributed by atoms with E-state index in [0.717, 1.165) is 5.76 Å². The average molecular weight is 277 g/mol. The molecule has 0 saturated heterocycles. The highest BCUT2D eigenvalue weighted by Crippen LogP contribution is 2.14. The number of furan rings is 1. The topological polar surface area (TPSA) is 71.5 Å². The number of hydrogen-bond acceptors (Lipinski definition) is 4. The molecule has 0 aliphatic heterocycles. The van der Waals surface area contributed by atoms with Gasteiger partial charge in [0.2, 0.25) is 0 Å². The molecule has 2 aromatic rings. The molecule has 0 atom stereocenters. The van der Waals surface area contributed by atoms with Crippen molar-refractivity contribution in [2.24, 2.45) is 5.84 Å². The highest BCUT2D eigenvalue weighted by Gasteiger charge is 2.11. The Bertz CT molecular complexity index is 584. The van der Waals surface area contributed by atoms with Gasteiger partial charge in [0.15, 0.2) is 0 Å². The van der Waals surface area contributed by atoms with E-state index in [9.17, 15) is 9.18 Å². The number of nitrogens with two attached hydrogens (primary N) is 1. The zero-order valence-corrected chi connectivity index (χ0v) is 11.1. The molecule has 106 valence electrons. The van der Waals surface area contributed by atoms with Crippen molar-refractivity contribution in [3.63, 3.8) is 0 Å². The van der Waals surface area contributed by atoms with E-state index < -0.39 is 5.91 Å². The molecule has 5 nitrogen and oxygen atoms in total. The third kappa shape index (κ3) is 3.43. The standard InChI is InChI=1S/C14H16FN3O2/c1-18(9-12-3-2-6-20-12)8-11-7-10(14(19)17-16)4-5-13(11)15/h2-7H,8-9,16H2,1H3,(H,17,19). The Morgan fingerprint density at radius 2 is 2.20 bits per heavy atom. The number of hydrazine groups is 1. The quantitative estimate of drug-likeness (QED) is 0.495. The van der Waals surface area contributed by atoms with Gasteiger partial charge in [-0.15, -0.1) is 0 Å². The smallest absolute Gasteiger partial charge is 0.265 e. The largest absolute Gasteiger partial charge is 0.468 e. The number of nitrogen functional groups attached to an aromatic ring is 1. The third-order valence-corrected chi connectivity index (χ3v) is 2.89. The number of rotatable bonds is 5. The van der Waals surface area contributed by atoms with Gasteiger partial charge in [-0.05, 0) is 37.4 Å². The molecule has 2 rings (SSSR count). The second-order valence-corrected chi connectivity index (χ2v) is 4.53. The van der Waals surface area contributed by atoms with Crippen LogP contribution in [0.4, 0.5) is 4.39 Å². The summed E-state index contributed by atoms with van der Waals surface area (Å²) in [7, 11) is 1.84. The summed E-state index contributed by atoms with van der Waals surface area (Å²) in [6, 6.07) is 7.81. The zero-order chi connectivity index (χ0) is 14.5. The maximum absolute atomic E-state index is 13.8. The summed E-state index contributed by atoms with van der Waals surface area (Å²) in [5, 5.41) is 0. The average Bonchev–Trinajstić information content (AvgIpc) is 2.93. The predicted molar refractivity (Wildman–Crippen MR) is 71.9 cm³/mol. The first-order valence-electron chi connectivity index (χ1n) is 6.10. The first-order valence-corrected chi connectivity index (χ1v) is 6.10. The zero-order valence-electron chi connectivity index (χ0n) is 11.1. The number of carbonyl (C=O) groups excluding carboxylic acids is 1. The molecule has 0 radical (unpaired) electrons. The molecule has 1 aromatic carbocycles. The third-order valence-electron chi connectivity index (χ3n) is 2.89. The van der Waals surface area contributed by atoms with Crippen molar-refractivity contribution >= 4 is 5.91 Å². The molecule has 0 aliphatic carbocycles. The van der Waals surface area contributed by atoms with E-state index in [0.29, 0.717) is 24.2 Å². The number of carbonyl (C=O) groups is 1. The van der Waals surface area contributed by atoms with E-state index in [1.165, 1.54) is 18.2 Å². The van der Waals surface area contributed by atoms with Crippen molar-refractivity contribution < 1.29 is 13.6 Å². The summed E-state index contributed by atoms with van der Waals surface area (Å²) in [5.41, 5.74) is 2.79. The number of benzene rings is 1. The minimum Gasteiger partial charge on any atom is -0.468 e. The Labute approximate surface area is 116 Å². The highest BCUT2D eigenvalue weighted by atomic mass is 19.1. The molecule has 1 amide bonds. The van der Waals surface area contributed by atoms with Crippen LogP contribution in [0.5, 0.6) is 0 Å². The number of hydrogen-bond donors (Lipinski definition) is 2.